The maximum Gasteiger partial charge on any atom is 0.334 e. The number of hydrogen-bond donors (Lipinski definition) is 3. The molecule has 3 N–H and O–H groups in total. The molecule has 3 atom stereocenters. The number of carbonyl (C=O) groups excluding carboxylic acids is 1. The number of carboxylic acids is 2. The number of piperazine rings is 1. The molecule has 4 aliphatic rings. The van der Waals surface area contributed by atoms with Gasteiger partial charge in [0.15, 0.2) is 0 Å². The molecule has 204 valence electrons. The molecule has 0 radical (unpaired) electrons. The van der Waals surface area contributed by atoms with E-state index >= 15 is 0 Å². The number of piperidine rings is 1. The smallest absolute Gasteiger partial charge is 0.334 e. The number of carbonyl (C=O) groups is 3. The molecule has 11 heteroatoms. The third-order valence-electron chi connectivity index (χ3n) is 8.68. The second-order valence-corrected chi connectivity index (χ2v) is 11.4. The first-order valence-electron chi connectivity index (χ1n) is 13.0. The Bertz CT molecular complexity index is 1180. The summed E-state index contributed by atoms with van der Waals surface area (Å²) in [5.41, 5.74) is -0.125. The topological polar surface area (TPSA) is 113 Å². The largest absolute Gasteiger partial charge is 0.478 e. The maximum absolute atomic E-state index is 13.3. The minimum Gasteiger partial charge on any atom is -0.478 e. The Morgan fingerprint density at radius 3 is 2.11 bits per heavy atom. The molecule has 0 aromatic heterocycles. The van der Waals surface area contributed by atoms with Crippen LogP contribution < -0.4 is 5.32 Å². The predicted octanol–water partition coefficient (Wildman–Crippen LogP) is 3.15. The normalized spacial score (nSPS) is 28.2. The minimum atomic E-state index is -1.34. The first-order chi connectivity index (χ1) is 18.2. The molecule has 0 saturated carbocycles. The second-order valence-electron chi connectivity index (χ2n) is 10.6. The van der Waals surface area contributed by atoms with Crippen molar-refractivity contribution in [1.29, 1.82) is 0 Å². The number of aliphatic carboxylic acids is 2. The van der Waals surface area contributed by atoms with Gasteiger partial charge in [-0.1, -0.05) is 29.3 Å². The molecule has 1 aromatic rings. The molecule has 4 heterocycles. The summed E-state index contributed by atoms with van der Waals surface area (Å²) in [6.07, 6.45) is 5.91. The Balaban J connectivity index is 1.32. The van der Waals surface area contributed by atoms with Crippen LogP contribution in [0.5, 0.6) is 0 Å². The Labute approximate surface area is 231 Å². The van der Waals surface area contributed by atoms with Gasteiger partial charge in [-0.25, -0.2) is 9.59 Å². The molecule has 3 fully saturated rings. The number of benzene rings is 1. The molecular formula is C27H32Cl2N4O5. The number of nitrogens with one attached hydrogen (secondary N) is 1. The van der Waals surface area contributed by atoms with Crippen LogP contribution in [0.2, 0.25) is 10.0 Å². The van der Waals surface area contributed by atoms with E-state index < -0.39 is 17.9 Å². The maximum atomic E-state index is 13.3. The van der Waals surface area contributed by atoms with Crippen molar-refractivity contribution in [2.45, 2.75) is 56.1 Å². The van der Waals surface area contributed by atoms with E-state index in [4.69, 9.17) is 23.2 Å². The van der Waals surface area contributed by atoms with Gasteiger partial charge in [-0.2, -0.15) is 0 Å². The third-order valence-corrected chi connectivity index (χ3v) is 9.34. The van der Waals surface area contributed by atoms with Gasteiger partial charge in [0.1, 0.15) is 0 Å². The van der Waals surface area contributed by atoms with Crippen molar-refractivity contribution >= 4 is 41.0 Å². The quantitative estimate of drug-likeness (QED) is 0.484. The summed E-state index contributed by atoms with van der Waals surface area (Å²) >= 11 is 12.7. The second kappa shape index (κ2) is 10.9. The molecule has 0 spiro atoms. The van der Waals surface area contributed by atoms with Crippen LogP contribution in [-0.4, -0.2) is 94.1 Å². The summed E-state index contributed by atoms with van der Waals surface area (Å²) in [7, 11) is 2.23. The van der Waals surface area contributed by atoms with E-state index in [9.17, 15) is 24.6 Å². The first kappa shape index (κ1) is 27.0. The van der Waals surface area contributed by atoms with E-state index in [1.54, 1.807) is 11.0 Å². The van der Waals surface area contributed by atoms with Crippen LogP contribution in [0, 0.1) is 0 Å². The van der Waals surface area contributed by atoms with Crippen LogP contribution in [0.4, 0.5) is 0 Å². The summed E-state index contributed by atoms with van der Waals surface area (Å²) in [6, 6.07) is 6.52. The van der Waals surface area contributed by atoms with Gasteiger partial charge in [0, 0.05) is 71.8 Å². The fourth-order valence-corrected chi connectivity index (χ4v) is 7.22. The van der Waals surface area contributed by atoms with Crippen LogP contribution in [-0.2, 0) is 14.4 Å². The van der Waals surface area contributed by atoms with Gasteiger partial charge in [-0.05, 0) is 44.9 Å². The van der Waals surface area contributed by atoms with Gasteiger partial charge in [0.2, 0.25) is 5.91 Å². The van der Waals surface area contributed by atoms with Crippen LogP contribution in [0.1, 0.15) is 43.6 Å². The molecule has 4 aliphatic heterocycles. The van der Waals surface area contributed by atoms with Crippen molar-refractivity contribution in [2.75, 3.05) is 33.2 Å². The number of fused-ring (bicyclic) bond motifs is 2. The van der Waals surface area contributed by atoms with Crippen molar-refractivity contribution in [3.63, 3.8) is 0 Å². The average molecular weight is 563 g/mol. The molecule has 0 aliphatic carbocycles. The van der Waals surface area contributed by atoms with Gasteiger partial charge >= 0.3 is 11.9 Å². The fourth-order valence-electron chi connectivity index (χ4n) is 6.61. The van der Waals surface area contributed by atoms with E-state index in [0.717, 1.165) is 13.1 Å². The summed E-state index contributed by atoms with van der Waals surface area (Å²) < 4.78 is 0. The standard InChI is InChI=1S/C27H32Cl2N4O5/c1-31-15-5-6-16(31)12-17(11-15)32-7-9-33(10-8-32)22(34)13-21-25(27(37)38)23(18(14-30-21)26(35)36)24-19(28)3-2-4-20(24)29/h2-4,14-17,23,30H,5-13H2,1H3,(H,35,36)(H,37,38). The lowest BCUT2D eigenvalue weighted by Crippen LogP contribution is -2.56. The molecular weight excluding hydrogens is 531 g/mol. The van der Waals surface area contributed by atoms with Crippen molar-refractivity contribution in [3.05, 3.63) is 56.9 Å². The molecule has 1 aromatic carbocycles. The van der Waals surface area contributed by atoms with Gasteiger partial charge < -0.3 is 25.3 Å². The minimum absolute atomic E-state index is 0.141. The Kier molecular flexibility index (Phi) is 7.73. The van der Waals surface area contributed by atoms with E-state index in [1.807, 2.05) is 0 Å². The zero-order valence-electron chi connectivity index (χ0n) is 21.2. The molecule has 5 rings (SSSR count). The molecule has 2 bridgehead atoms. The lowest BCUT2D eigenvalue weighted by Gasteiger charge is -2.45. The number of carboxylic acid groups (broad SMARTS) is 2. The Morgan fingerprint density at radius 1 is 0.947 bits per heavy atom. The average Bonchev–Trinajstić information content (AvgIpc) is 3.08. The van der Waals surface area contributed by atoms with E-state index in [-0.39, 0.29) is 44.8 Å². The fraction of sp³-hybridized carbons (Fsp3) is 0.519. The number of dihydropyridines is 1. The van der Waals surface area contributed by atoms with Crippen molar-refractivity contribution in [2.24, 2.45) is 0 Å². The van der Waals surface area contributed by atoms with Crippen molar-refractivity contribution in [1.82, 2.24) is 20.0 Å². The number of halogens is 2. The van der Waals surface area contributed by atoms with Crippen LogP contribution in [0.3, 0.4) is 0 Å². The lowest BCUT2D eigenvalue weighted by molar-refractivity contribution is -0.133. The predicted molar refractivity (Wildman–Crippen MR) is 143 cm³/mol. The number of rotatable bonds is 6. The molecule has 9 nitrogen and oxygen atoms in total. The van der Waals surface area contributed by atoms with E-state index in [1.165, 1.54) is 44.0 Å². The number of nitrogens with zero attached hydrogens (tertiary/aromatic N) is 3. The van der Waals surface area contributed by atoms with Gasteiger partial charge in [0.05, 0.1) is 23.5 Å². The van der Waals surface area contributed by atoms with Crippen LogP contribution in [0.15, 0.2) is 41.2 Å². The highest BCUT2D eigenvalue weighted by Crippen LogP contribution is 2.43. The van der Waals surface area contributed by atoms with Crippen molar-refractivity contribution in [3.8, 4) is 0 Å². The molecule has 3 saturated heterocycles. The van der Waals surface area contributed by atoms with Gasteiger partial charge in [-0.15, -0.1) is 0 Å². The van der Waals surface area contributed by atoms with Gasteiger partial charge in [-0.3, -0.25) is 9.69 Å². The summed E-state index contributed by atoms with van der Waals surface area (Å²) in [5.74, 6) is -4.08. The first-order valence-corrected chi connectivity index (χ1v) is 13.7. The SMILES string of the molecule is CN1C2CCC1CC(N1CCN(C(=O)CC3=C(C(=O)O)C(c4c(Cl)cccc4Cl)C(C(=O)O)=CN3)CC1)C2. The van der Waals surface area contributed by atoms with E-state index in [2.05, 4.69) is 22.2 Å². The highest BCUT2D eigenvalue weighted by Gasteiger charge is 2.42. The van der Waals surface area contributed by atoms with Crippen LogP contribution >= 0.6 is 23.2 Å². The zero-order chi connectivity index (χ0) is 27.1. The Morgan fingerprint density at radius 2 is 1.55 bits per heavy atom. The Hall–Kier alpha value is -2.59. The summed E-state index contributed by atoms with van der Waals surface area (Å²) in [5, 5.41) is 23.0. The third kappa shape index (κ3) is 5.04. The highest BCUT2D eigenvalue weighted by atomic mass is 35.5. The number of amides is 1. The summed E-state index contributed by atoms with van der Waals surface area (Å²) in [4.78, 5) is 44.6. The lowest BCUT2D eigenvalue weighted by atomic mass is 9.81. The number of hydrogen-bond acceptors (Lipinski definition) is 6. The molecule has 3 unspecified atom stereocenters. The summed E-state index contributed by atoms with van der Waals surface area (Å²) in [6.45, 7) is 2.73. The monoisotopic (exact) mass is 562 g/mol. The zero-order valence-corrected chi connectivity index (χ0v) is 22.7. The molecule has 38 heavy (non-hydrogen) atoms. The van der Waals surface area contributed by atoms with Crippen molar-refractivity contribution < 1.29 is 24.6 Å². The highest BCUT2D eigenvalue weighted by molar-refractivity contribution is 6.36. The molecule has 1 amide bonds. The van der Waals surface area contributed by atoms with Gasteiger partial charge in [0.25, 0.3) is 0 Å². The van der Waals surface area contributed by atoms with Crippen LogP contribution in [0.25, 0.3) is 0 Å². The van der Waals surface area contributed by atoms with E-state index in [0.29, 0.717) is 31.2 Å².